The Morgan fingerprint density at radius 1 is 1.32 bits per heavy atom. The minimum atomic E-state index is -4.32. The fourth-order valence-corrected chi connectivity index (χ4v) is 3.04. The summed E-state index contributed by atoms with van der Waals surface area (Å²) < 4.78 is 43.6. The predicted molar refractivity (Wildman–Crippen MR) is 65.0 cm³/mol. The van der Waals surface area contributed by atoms with Gasteiger partial charge in [-0.3, -0.25) is 0 Å². The molecule has 5 heteroatoms. The molecule has 0 radical (unpaired) electrons. The van der Waals surface area contributed by atoms with Crippen LogP contribution < -0.4 is 10.1 Å². The molecule has 1 saturated heterocycles. The highest BCUT2D eigenvalue weighted by atomic mass is 19.4. The number of alkyl halides is 3. The maximum Gasteiger partial charge on any atom is 0.416 e. The van der Waals surface area contributed by atoms with E-state index in [1.54, 1.807) is 6.07 Å². The zero-order chi connectivity index (χ0) is 13.6. The van der Waals surface area contributed by atoms with Crippen LogP contribution in [0.3, 0.4) is 0 Å². The highest BCUT2D eigenvalue weighted by molar-refractivity contribution is 5.42. The van der Waals surface area contributed by atoms with Crippen molar-refractivity contribution < 1.29 is 17.9 Å². The van der Waals surface area contributed by atoms with Crippen LogP contribution in [0.1, 0.15) is 30.5 Å². The second kappa shape index (κ2) is 4.40. The number of piperidine rings is 1. The summed E-state index contributed by atoms with van der Waals surface area (Å²) in [6, 6.07) is 3.94. The molecule has 1 fully saturated rings. The number of halogens is 3. The largest absolute Gasteiger partial charge is 0.493 e. The Labute approximate surface area is 109 Å². The van der Waals surface area contributed by atoms with Gasteiger partial charge in [0, 0.05) is 17.5 Å². The van der Waals surface area contributed by atoms with Gasteiger partial charge < -0.3 is 10.1 Å². The molecule has 0 bridgehead atoms. The summed E-state index contributed by atoms with van der Waals surface area (Å²) in [7, 11) is 0. The van der Waals surface area contributed by atoms with E-state index in [-0.39, 0.29) is 6.04 Å². The van der Waals surface area contributed by atoms with Gasteiger partial charge in [0.05, 0.1) is 12.2 Å². The lowest BCUT2D eigenvalue weighted by molar-refractivity contribution is -0.137. The zero-order valence-electron chi connectivity index (χ0n) is 10.6. The van der Waals surface area contributed by atoms with Gasteiger partial charge >= 0.3 is 6.18 Å². The average molecular weight is 271 g/mol. The van der Waals surface area contributed by atoms with E-state index in [1.165, 1.54) is 0 Å². The lowest BCUT2D eigenvalue weighted by Gasteiger charge is -2.41. The first-order chi connectivity index (χ1) is 8.97. The van der Waals surface area contributed by atoms with E-state index < -0.39 is 11.7 Å². The van der Waals surface area contributed by atoms with Gasteiger partial charge in [0.1, 0.15) is 5.75 Å². The van der Waals surface area contributed by atoms with E-state index in [0.29, 0.717) is 24.2 Å². The Kier molecular flexibility index (Phi) is 2.96. The van der Waals surface area contributed by atoms with E-state index >= 15 is 0 Å². The maximum atomic E-state index is 12.7. The van der Waals surface area contributed by atoms with E-state index in [0.717, 1.165) is 30.7 Å². The molecule has 0 aromatic heterocycles. The summed E-state index contributed by atoms with van der Waals surface area (Å²) in [5.74, 6) is 1.25. The third-order valence-electron chi connectivity index (χ3n) is 4.23. The zero-order valence-corrected chi connectivity index (χ0v) is 10.6. The monoisotopic (exact) mass is 271 g/mol. The maximum absolute atomic E-state index is 12.7. The molecule has 0 spiro atoms. The molecule has 104 valence electrons. The molecule has 2 aliphatic rings. The van der Waals surface area contributed by atoms with Crippen LogP contribution in [0.5, 0.6) is 5.75 Å². The average Bonchev–Trinajstić information content (AvgIpc) is 2.37. The Morgan fingerprint density at radius 2 is 2.11 bits per heavy atom. The molecular weight excluding hydrogens is 255 g/mol. The van der Waals surface area contributed by atoms with Gasteiger partial charge in [-0.2, -0.15) is 13.2 Å². The highest BCUT2D eigenvalue weighted by Crippen LogP contribution is 2.43. The van der Waals surface area contributed by atoms with Crippen molar-refractivity contribution in [2.75, 3.05) is 13.2 Å². The smallest absolute Gasteiger partial charge is 0.416 e. The van der Waals surface area contributed by atoms with Crippen molar-refractivity contribution in [3.05, 3.63) is 29.3 Å². The van der Waals surface area contributed by atoms with Crippen molar-refractivity contribution in [2.45, 2.75) is 25.6 Å². The normalized spacial score (nSPS) is 30.2. The van der Waals surface area contributed by atoms with Gasteiger partial charge in [-0.15, -0.1) is 0 Å². The molecule has 1 N–H and O–H groups in total. The first kappa shape index (κ1) is 12.8. The first-order valence-corrected chi connectivity index (χ1v) is 6.54. The molecule has 0 amide bonds. The van der Waals surface area contributed by atoms with Gasteiger partial charge in [-0.25, -0.2) is 0 Å². The SMILES string of the molecule is C[C@H]1CCN[C@H]2c3ccc(C(F)(F)F)cc3OC[C@@H]12. The molecule has 1 aromatic rings. The minimum absolute atomic E-state index is 0.120. The number of hydrogen-bond donors (Lipinski definition) is 1. The number of rotatable bonds is 0. The Bertz CT molecular complexity index is 486. The van der Waals surface area contributed by atoms with Crippen LogP contribution in [0.2, 0.25) is 0 Å². The van der Waals surface area contributed by atoms with Crippen LogP contribution in [-0.4, -0.2) is 13.2 Å². The second-order valence-electron chi connectivity index (χ2n) is 5.42. The van der Waals surface area contributed by atoms with Crippen molar-refractivity contribution >= 4 is 0 Å². The van der Waals surface area contributed by atoms with Crippen molar-refractivity contribution in [1.29, 1.82) is 0 Å². The summed E-state index contributed by atoms with van der Waals surface area (Å²) in [6.45, 7) is 3.58. The topological polar surface area (TPSA) is 21.3 Å². The van der Waals surface area contributed by atoms with Crippen molar-refractivity contribution in [3.63, 3.8) is 0 Å². The van der Waals surface area contributed by atoms with Crippen LogP contribution in [0.25, 0.3) is 0 Å². The Morgan fingerprint density at radius 3 is 2.84 bits per heavy atom. The third-order valence-corrected chi connectivity index (χ3v) is 4.23. The minimum Gasteiger partial charge on any atom is -0.493 e. The second-order valence-corrected chi connectivity index (χ2v) is 5.42. The number of benzene rings is 1. The van der Waals surface area contributed by atoms with Crippen LogP contribution in [0, 0.1) is 11.8 Å². The molecule has 0 saturated carbocycles. The van der Waals surface area contributed by atoms with Crippen LogP contribution >= 0.6 is 0 Å². The molecule has 2 aliphatic heterocycles. The summed E-state index contributed by atoms with van der Waals surface area (Å²) in [5, 5.41) is 3.40. The number of fused-ring (bicyclic) bond motifs is 3. The number of ether oxygens (including phenoxy) is 1. The molecular formula is C14H16F3NO. The van der Waals surface area contributed by atoms with Gasteiger partial charge in [-0.1, -0.05) is 13.0 Å². The Balaban J connectivity index is 1.96. The van der Waals surface area contributed by atoms with Crippen molar-refractivity contribution in [1.82, 2.24) is 5.32 Å². The summed E-state index contributed by atoms with van der Waals surface area (Å²) in [5.41, 5.74) is 0.212. The fraction of sp³-hybridized carbons (Fsp3) is 0.571. The van der Waals surface area contributed by atoms with Gasteiger partial charge in [0.25, 0.3) is 0 Å². The standard InChI is InChI=1S/C14H16F3NO/c1-8-4-5-18-13-10-3-2-9(14(15,16)17)6-12(10)19-7-11(8)13/h2-3,6,8,11,13,18H,4-5,7H2,1H3/t8-,11-,13-/m0/s1. The molecule has 19 heavy (non-hydrogen) atoms. The molecule has 0 unspecified atom stereocenters. The lowest BCUT2D eigenvalue weighted by atomic mass is 9.78. The van der Waals surface area contributed by atoms with Crippen LogP contribution in [0.4, 0.5) is 13.2 Å². The Hall–Kier alpha value is -1.23. The fourth-order valence-electron chi connectivity index (χ4n) is 3.04. The highest BCUT2D eigenvalue weighted by Gasteiger charge is 2.38. The van der Waals surface area contributed by atoms with E-state index in [2.05, 4.69) is 12.2 Å². The summed E-state index contributed by atoms with van der Waals surface area (Å²) in [6.07, 6.45) is -3.23. The third kappa shape index (κ3) is 2.20. The number of hydrogen-bond acceptors (Lipinski definition) is 2. The molecule has 2 nitrogen and oxygen atoms in total. The quantitative estimate of drug-likeness (QED) is 0.781. The van der Waals surface area contributed by atoms with Crippen LogP contribution in [-0.2, 0) is 6.18 Å². The molecule has 3 atom stereocenters. The lowest BCUT2D eigenvalue weighted by Crippen LogP contribution is -2.44. The van der Waals surface area contributed by atoms with Crippen molar-refractivity contribution in [2.24, 2.45) is 11.8 Å². The predicted octanol–water partition coefficient (Wildman–Crippen LogP) is 3.38. The van der Waals surface area contributed by atoms with Gasteiger partial charge in [0.2, 0.25) is 0 Å². The molecule has 3 rings (SSSR count). The molecule has 2 heterocycles. The van der Waals surface area contributed by atoms with Crippen LogP contribution in [0.15, 0.2) is 18.2 Å². The molecule has 1 aromatic carbocycles. The first-order valence-electron chi connectivity index (χ1n) is 6.54. The summed E-state index contributed by atoms with van der Waals surface area (Å²) in [4.78, 5) is 0. The van der Waals surface area contributed by atoms with E-state index in [1.807, 2.05) is 0 Å². The number of nitrogens with one attached hydrogen (secondary N) is 1. The van der Waals surface area contributed by atoms with Gasteiger partial charge in [0.15, 0.2) is 0 Å². The van der Waals surface area contributed by atoms with E-state index in [4.69, 9.17) is 4.74 Å². The molecule has 0 aliphatic carbocycles. The summed E-state index contributed by atoms with van der Waals surface area (Å²) >= 11 is 0. The van der Waals surface area contributed by atoms with Gasteiger partial charge in [-0.05, 0) is 31.0 Å². The van der Waals surface area contributed by atoms with E-state index in [9.17, 15) is 13.2 Å². The van der Waals surface area contributed by atoms with Crippen molar-refractivity contribution in [3.8, 4) is 5.75 Å².